The van der Waals surface area contributed by atoms with E-state index in [1.807, 2.05) is 4.90 Å². The second-order valence-corrected chi connectivity index (χ2v) is 6.23. The van der Waals surface area contributed by atoms with Crippen LogP contribution in [0.4, 0.5) is 0 Å². The zero-order chi connectivity index (χ0) is 15.8. The number of rotatable bonds is 6. The minimum absolute atomic E-state index is 0.0775. The van der Waals surface area contributed by atoms with E-state index in [-0.39, 0.29) is 30.4 Å². The Bertz CT molecular complexity index is 358. The van der Waals surface area contributed by atoms with E-state index in [0.717, 1.165) is 25.7 Å². The van der Waals surface area contributed by atoms with Gasteiger partial charge in [-0.05, 0) is 32.6 Å². The van der Waals surface area contributed by atoms with Crippen molar-refractivity contribution in [3.05, 3.63) is 0 Å². The van der Waals surface area contributed by atoms with Gasteiger partial charge in [-0.2, -0.15) is 0 Å². The molecule has 2 fully saturated rings. The van der Waals surface area contributed by atoms with Crippen molar-refractivity contribution in [3.63, 3.8) is 0 Å². The second-order valence-electron chi connectivity index (χ2n) is 6.23. The topological polar surface area (TPSA) is 55.8 Å². The molecule has 0 aromatic rings. The highest BCUT2D eigenvalue weighted by Gasteiger charge is 2.32. The van der Waals surface area contributed by atoms with Gasteiger partial charge in [-0.25, -0.2) is 0 Å². The van der Waals surface area contributed by atoms with Crippen LogP contribution < -0.4 is 0 Å². The summed E-state index contributed by atoms with van der Waals surface area (Å²) < 4.78 is 10.6. The van der Waals surface area contributed by atoms with Gasteiger partial charge in [0.25, 0.3) is 5.91 Å². The Balaban J connectivity index is 1.98. The number of hydrogen-bond acceptors (Lipinski definition) is 4. The van der Waals surface area contributed by atoms with Crippen LogP contribution in [0.2, 0.25) is 0 Å². The first-order valence-corrected chi connectivity index (χ1v) is 8.80. The standard InChI is InChI=1S/C17H29NO4/c1-2-21-16(19)11-12-18(14-8-5-3-4-6-9-14)17(20)15-10-7-13-22-15/h14-15H,2-13H2,1H3. The maximum absolute atomic E-state index is 12.8. The molecule has 1 atom stereocenters. The summed E-state index contributed by atoms with van der Waals surface area (Å²) in [4.78, 5) is 26.3. The number of nitrogens with zero attached hydrogens (tertiary/aromatic N) is 1. The summed E-state index contributed by atoms with van der Waals surface area (Å²) in [5.74, 6) is -0.144. The van der Waals surface area contributed by atoms with Gasteiger partial charge in [0.15, 0.2) is 0 Å². The Hall–Kier alpha value is -1.10. The normalized spacial score (nSPS) is 23.0. The zero-order valence-corrected chi connectivity index (χ0v) is 13.7. The van der Waals surface area contributed by atoms with Crippen molar-refractivity contribution in [2.45, 2.75) is 76.9 Å². The lowest BCUT2D eigenvalue weighted by molar-refractivity contribution is -0.147. The number of carbonyl (C=O) groups is 2. The number of carbonyl (C=O) groups excluding carboxylic acids is 2. The molecule has 1 heterocycles. The third kappa shape index (κ3) is 4.97. The van der Waals surface area contributed by atoms with E-state index in [2.05, 4.69) is 0 Å². The molecular weight excluding hydrogens is 282 g/mol. The van der Waals surface area contributed by atoms with E-state index in [1.165, 1.54) is 25.7 Å². The first kappa shape index (κ1) is 17.3. The molecule has 5 nitrogen and oxygen atoms in total. The van der Waals surface area contributed by atoms with Crippen molar-refractivity contribution in [1.82, 2.24) is 4.90 Å². The summed E-state index contributed by atoms with van der Waals surface area (Å²) in [6.45, 7) is 3.33. The Morgan fingerprint density at radius 1 is 1.09 bits per heavy atom. The number of ether oxygens (including phenoxy) is 2. The van der Waals surface area contributed by atoms with Crippen molar-refractivity contribution in [1.29, 1.82) is 0 Å². The summed E-state index contributed by atoms with van der Waals surface area (Å²) in [7, 11) is 0. The Morgan fingerprint density at radius 3 is 2.41 bits per heavy atom. The Labute approximate surface area is 133 Å². The van der Waals surface area contributed by atoms with E-state index in [4.69, 9.17) is 9.47 Å². The van der Waals surface area contributed by atoms with Crippen LogP contribution in [0.3, 0.4) is 0 Å². The first-order valence-electron chi connectivity index (χ1n) is 8.80. The molecule has 5 heteroatoms. The molecule has 1 aliphatic heterocycles. The molecule has 2 aliphatic rings. The highest BCUT2D eigenvalue weighted by atomic mass is 16.5. The van der Waals surface area contributed by atoms with E-state index in [1.54, 1.807) is 6.92 Å². The molecule has 0 N–H and O–H groups in total. The lowest BCUT2D eigenvalue weighted by Gasteiger charge is -2.32. The molecule has 0 radical (unpaired) electrons. The maximum Gasteiger partial charge on any atom is 0.307 e. The first-order chi connectivity index (χ1) is 10.7. The van der Waals surface area contributed by atoms with Gasteiger partial charge >= 0.3 is 5.97 Å². The van der Waals surface area contributed by atoms with Crippen LogP contribution in [0.5, 0.6) is 0 Å². The molecule has 0 aromatic heterocycles. The van der Waals surface area contributed by atoms with E-state index in [9.17, 15) is 9.59 Å². The lowest BCUT2D eigenvalue weighted by Crippen LogP contribution is -2.46. The van der Waals surface area contributed by atoms with Crippen LogP contribution in [0.15, 0.2) is 0 Å². The quantitative estimate of drug-likeness (QED) is 0.559. The molecular formula is C17H29NO4. The van der Waals surface area contributed by atoms with Gasteiger partial charge in [0.1, 0.15) is 6.10 Å². The fraction of sp³-hybridized carbons (Fsp3) is 0.882. The van der Waals surface area contributed by atoms with Crippen molar-refractivity contribution < 1.29 is 19.1 Å². The predicted octanol–water partition coefficient (Wildman–Crippen LogP) is 2.67. The van der Waals surface area contributed by atoms with Crippen LogP contribution in [-0.4, -0.2) is 48.7 Å². The Morgan fingerprint density at radius 2 is 1.82 bits per heavy atom. The van der Waals surface area contributed by atoms with Crippen molar-refractivity contribution >= 4 is 11.9 Å². The van der Waals surface area contributed by atoms with Crippen LogP contribution in [-0.2, 0) is 19.1 Å². The predicted molar refractivity (Wildman–Crippen MR) is 83.4 cm³/mol. The molecule has 22 heavy (non-hydrogen) atoms. The molecule has 1 amide bonds. The van der Waals surface area contributed by atoms with Gasteiger partial charge in [-0.15, -0.1) is 0 Å². The molecule has 1 aliphatic carbocycles. The summed E-state index contributed by atoms with van der Waals surface area (Å²) in [5.41, 5.74) is 0. The minimum atomic E-state index is -0.301. The molecule has 1 saturated heterocycles. The average Bonchev–Trinajstić information content (AvgIpc) is 2.92. The average molecular weight is 311 g/mol. The molecule has 0 aromatic carbocycles. The van der Waals surface area contributed by atoms with Gasteiger partial charge in [0.05, 0.1) is 13.0 Å². The monoisotopic (exact) mass is 311 g/mol. The third-order valence-corrected chi connectivity index (χ3v) is 4.62. The largest absolute Gasteiger partial charge is 0.466 e. The van der Waals surface area contributed by atoms with Crippen LogP contribution >= 0.6 is 0 Å². The molecule has 1 saturated carbocycles. The van der Waals surface area contributed by atoms with Crippen LogP contribution in [0, 0.1) is 0 Å². The molecule has 0 spiro atoms. The fourth-order valence-corrected chi connectivity index (χ4v) is 3.44. The molecule has 0 bridgehead atoms. The van der Waals surface area contributed by atoms with E-state index >= 15 is 0 Å². The Kier molecular flexibility index (Phi) is 7.16. The third-order valence-electron chi connectivity index (χ3n) is 4.62. The summed E-state index contributed by atoms with van der Waals surface area (Å²) >= 11 is 0. The number of hydrogen-bond donors (Lipinski definition) is 0. The summed E-state index contributed by atoms with van der Waals surface area (Å²) in [5, 5.41) is 0. The lowest BCUT2D eigenvalue weighted by atomic mass is 10.0. The van der Waals surface area contributed by atoms with Gasteiger partial charge < -0.3 is 14.4 Å². The fourth-order valence-electron chi connectivity index (χ4n) is 3.44. The maximum atomic E-state index is 12.8. The van der Waals surface area contributed by atoms with E-state index < -0.39 is 0 Å². The van der Waals surface area contributed by atoms with Crippen molar-refractivity contribution in [3.8, 4) is 0 Å². The molecule has 1 unspecified atom stereocenters. The van der Waals surface area contributed by atoms with Gasteiger partial charge in [0, 0.05) is 19.2 Å². The van der Waals surface area contributed by atoms with Crippen LogP contribution in [0.1, 0.15) is 64.7 Å². The van der Waals surface area contributed by atoms with Gasteiger partial charge in [-0.1, -0.05) is 25.7 Å². The summed E-state index contributed by atoms with van der Waals surface area (Å²) in [6, 6.07) is 0.258. The van der Waals surface area contributed by atoms with Crippen molar-refractivity contribution in [2.24, 2.45) is 0 Å². The highest BCUT2D eigenvalue weighted by Crippen LogP contribution is 2.25. The molecule has 126 valence electrons. The zero-order valence-electron chi connectivity index (χ0n) is 13.7. The van der Waals surface area contributed by atoms with Gasteiger partial charge in [-0.3, -0.25) is 9.59 Å². The van der Waals surface area contributed by atoms with Crippen molar-refractivity contribution in [2.75, 3.05) is 19.8 Å². The summed E-state index contributed by atoms with van der Waals surface area (Å²) in [6.07, 6.45) is 8.65. The second kappa shape index (κ2) is 9.13. The number of amides is 1. The number of esters is 1. The van der Waals surface area contributed by atoms with Gasteiger partial charge in [0.2, 0.25) is 0 Å². The highest BCUT2D eigenvalue weighted by molar-refractivity contribution is 5.82. The van der Waals surface area contributed by atoms with E-state index in [0.29, 0.717) is 19.8 Å². The SMILES string of the molecule is CCOC(=O)CCN(C(=O)C1CCCO1)C1CCCCCC1. The minimum Gasteiger partial charge on any atom is -0.466 e. The molecule has 2 rings (SSSR count). The van der Waals surface area contributed by atoms with Crippen LogP contribution in [0.25, 0.3) is 0 Å². The smallest absolute Gasteiger partial charge is 0.307 e.